The van der Waals surface area contributed by atoms with Crippen molar-refractivity contribution in [3.05, 3.63) is 17.5 Å². The number of nitrogens with one attached hydrogen (secondary N) is 2. The Morgan fingerprint density at radius 1 is 1.71 bits per heavy atom. The van der Waals surface area contributed by atoms with E-state index in [1.807, 2.05) is 13.8 Å². The minimum Gasteiger partial charge on any atom is -0.363 e. The lowest BCUT2D eigenvalue weighted by atomic mass is 10.0. The van der Waals surface area contributed by atoms with E-state index in [9.17, 15) is 4.79 Å². The molecule has 2 N–H and O–H groups in total. The van der Waals surface area contributed by atoms with Gasteiger partial charge in [0.05, 0.1) is 17.8 Å². The predicted molar refractivity (Wildman–Crippen MR) is 60.3 cm³/mol. The predicted octanol–water partition coefficient (Wildman–Crippen LogP) is -0.0223. The molecule has 0 atom stereocenters. The van der Waals surface area contributed by atoms with Crippen LogP contribution in [0.4, 0.5) is 0 Å². The summed E-state index contributed by atoms with van der Waals surface area (Å²) in [7, 11) is 0. The fourth-order valence-electron chi connectivity index (χ4n) is 1.56. The number of ether oxygens (including phenoxy) is 1. The maximum Gasteiger partial charge on any atom is 0.246 e. The summed E-state index contributed by atoms with van der Waals surface area (Å²) in [6.07, 6.45) is 0. The van der Waals surface area contributed by atoms with Crippen molar-refractivity contribution < 1.29 is 14.1 Å². The minimum absolute atomic E-state index is 0.0747. The number of rotatable bonds is 5. The number of carbonyl (C=O) groups is 1. The van der Waals surface area contributed by atoms with E-state index in [0.29, 0.717) is 12.3 Å². The molecule has 6 heteroatoms. The summed E-state index contributed by atoms with van der Waals surface area (Å²) in [5.41, 5.74) is 0.610. The van der Waals surface area contributed by atoms with E-state index in [1.54, 1.807) is 6.07 Å². The zero-order chi connectivity index (χ0) is 12.3. The zero-order valence-electron chi connectivity index (χ0n) is 10.1. The van der Waals surface area contributed by atoms with Gasteiger partial charge < -0.3 is 19.9 Å². The molecule has 0 aliphatic carbocycles. The first kappa shape index (κ1) is 12.1. The van der Waals surface area contributed by atoms with Crippen LogP contribution in [0.5, 0.6) is 0 Å². The van der Waals surface area contributed by atoms with Crippen LogP contribution in [0.15, 0.2) is 10.6 Å². The summed E-state index contributed by atoms with van der Waals surface area (Å²) in [6, 6.07) is 1.79. The quantitative estimate of drug-likeness (QED) is 0.755. The molecule has 2 rings (SSSR count). The van der Waals surface area contributed by atoms with E-state index in [4.69, 9.17) is 9.26 Å². The summed E-state index contributed by atoms with van der Waals surface area (Å²) >= 11 is 0. The van der Waals surface area contributed by atoms with Gasteiger partial charge in [-0.05, 0) is 13.8 Å². The molecule has 1 amide bonds. The molecular formula is C11H17N3O3. The van der Waals surface area contributed by atoms with Crippen LogP contribution in [0.3, 0.4) is 0 Å². The Morgan fingerprint density at radius 3 is 3.00 bits per heavy atom. The lowest BCUT2D eigenvalue weighted by Gasteiger charge is -2.38. The second-order valence-corrected chi connectivity index (χ2v) is 4.55. The van der Waals surface area contributed by atoms with Crippen LogP contribution in [-0.2, 0) is 16.1 Å². The molecule has 1 aromatic rings. The highest BCUT2D eigenvalue weighted by Gasteiger charge is 2.32. The third-order valence-corrected chi connectivity index (χ3v) is 2.69. The standard InChI is InChI=1S/C11H17N3O3/c1-8-3-9(17-14-8)4-13-10(15)5-16-11(2)6-12-7-11/h3,12H,4-7H2,1-2H3,(H,13,15). The van der Waals surface area contributed by atoms with Crippen LogP contribution in [0.1, 0.15) is 18.4 Å². The van der Waals surface area contributed by atoms with E-state index in [-0.39, 0.29) is 18.1 Å². The summed E-state index contributed by atoms with van der Waals surface area (Å²) < 4.78 is 10.5. The van der Waals surface area contributed by atoms with Gasteiger partial charge in [0.2, 0.25) is 5.91 Å². The van der Waals surface area contributed by atoms with E-state index in [0.717, 1.165) is 18.8 Å². The molecule has 0 radical (unpaired) electrons. The fraction of sp³-hybridized carbons (Fsp3) is 0.636. The smallest absolute Gasteiger partial charge is 0.246 e. The van der Waals surface area contributed by atoms with Gasteiger partial charge in [-0.1, -0.05) is 5.16 Å². The maximum atomic E-state index is 11.5. The average Bonchev–Trinajstić information content (AvgIpc) is 2.67. The molecular weight excluding hydrogens is 222 g/mol. The van der Waals surface area contributed by atoms with Crippen LogP contribution < -0.4 is 10.6 Å². The minimum atomic E-state index is -0.194. The van der Waals surface area contributed by atoms with Crippen molar-refractivity contribution in [3.8, 4) is 0 Å². The average molecular weight is 239 g/mol. The van der Waals surface area contributed by atoms with Gasteiger partial charge in [0, 0.05) is 19.2 Å². The van der Waals surface area contributed by atoms with Crippen molar-refractivity contribution in [2.24, 2.45) is 0 Å². The molecule has 17 heavy (non-hydrogen) atoms. The van der Waals surface area contributed by atoms with Crippen LogP contribution >= 0.6 is 0 Å². The van der Waals surface area contributed by atoms with Gasteiger partial charge in [0.1, 0.15) is 6.61 Å². The highest BCUT2D eigenvalue weighted by molar-refractivity contribution is 5.77. The van der Waals surface area contributed by atoms with Gasteiger partial charge in [-0.25, -0.2) is 0 Å². The highest BCUT2D eigenvalue weighted by Crippen LogP contribution is 2.14. The van der Waals surface area contributed by atoms with Gasteiger partial charge in [0.15, 0.2) is 5.76 Å². The second kappa shape index (κ2) is 4.85. The lowest BCUT2D eigenvalue weighted by molar-refractivity contribution is -0.136. The Hall–Kier alpha value is -1.40. The Kier molecular flexibility index (Phi) is 3.44. The zero-order valence-corrected chi connectivity index (χ0v) is 10.1. The van der Waals surface area contributed by atoms with Crippen LogP contribution in [0.25, 0.3) is 0 Å². The van der Waals surface area contributed by atoms with E-state index < -0.39 is 0 Å². The topological polar surface area (TPSA) is 76.4 Å². The Bertz CT molecular complexity index is 398. The van der Waals surface area contributed by atoms with Gasteiger partial charge in [-0.2, -0.15) is 0 Å². The van der Waals surface area contributed by atoms with Crippen molar-refractivity contribution in [2.75, 3.05) is 19.7 Å². The molecule has 0 saturated carbocycles. The lowest BCUT2D eigenvalue weighted by Crippen LogP contribution is -2.59. The first-order chi connectivity index (χ1) is 8.07. The van der Waals surface area contributed by atoms with Crippen molar-refractivity contribution in [2.45, 2.75) is 26.0 Å². The summed E-state index contributed by atoms with van der Waals surface area (Å²) in [6.45, 7) is 5.82. The molecule has 6 nitrogen and oxygen atoms in total. The third-order valence-electron chi connectivity index (χ3n) is 2.69. The Labute approximate surface area is 99.7 Å². The van der Waals surface area contributed by atoms with Crippen LogP contribution in [0.2, 0.25) is 0 Å². The molecule has 94 valence electrons. The number of aryl methyl sites for hydroxylation is 1. The number of hydrogen-bond acceptors (Lipinski definition) is 5. The molecule has 0 bridgehead atoms. The molecule has 0 spiro atoms. The number of carbonyl (C=O) groups excluding carboxylic acids is 1. The third kappa shape index (κ3) is 3.28. The number of nitrogens with zero attached hydrogens (tertiary/aromatic N) is 1. The van der Waals surface area contributed by atoms with E-state index >= 15 is 0 Å². The largest absolute Gasteiger partial charge is 0.363 e. The second-order valence-electron chi connectivity index (χ2n) is 4.55. The van der Waals surface area contributed by atoms with Crippen molar-refractivity contribution in [3.63, 3.8) is 0 Å². The van der Waals surface area contributed by atoms with Gasteiger partial charge in [0.25, 0.3) is 0 Å². The van der Waals surface area contributed by atoms with Gasteiger partial charge in [-0.15, -0.1) is 0 Å². The molecule has 2 heterocycles. The van der Waals surface area contributed by atoms with Crippen LogP contribution in [0, 0.1) is 6.92 Å². The number of aromatic nitrogens is 1. The summed E-state index contributed by atoms with van der Waals surface area (Å²) in [4.78, 5) is 11.5. The summed E-state index contributed by atoms with van der Waals surface area (Å²) in [5, 5.41) is 9.56. The van der Waals surface area contributed by atoms with Crippen molar-refractivity contribution >= 4 is 5.91 Å². The van der Waals surface area contributed by atoms with Crippen molar-refractivity contribution in [1.29, 1.82) is 0 Å². The highest BCUT2D eigenvalue weighted by atomic mass is 16.5. The molecule has 1 saturated heterocycles. The number of hydrogen-bond donors (Lipinski definition) is 2. The number of amides is 1. The molecule has 1 aliphatic rings. The monoisotopic (exact) mass is 239 g/mol. The Morgan fingerprint density at radius 2 is 2.47 bits per heavy atom. The summed E-state index contributed by atoms with van der Waals surface area (Å²) in [5.74, 6) is 0.500. The van der Waals surface area contributed by atoms with Gasteiger partial charge >= 0.3 is 0 Å². The van der Waals surface area contributed by atoms with E-state index in [2.05, 4.69) is 15.8 Å². The maximum absolute atomic E-state index is 11.5. The van der Waals surface area contributed by atoms with E-state index in [1.165, 1.54) is 0 Å². The molecule has 0 unspecified atom stereocenters. The molecule has 0 aromatic carbocycles. The van der Waals surface area contributed by atoms with Crippen LogP contribution in [-0.4, -0.2) is 36.4 Å². The fourth-order valence-corrected chi connectivity index (χ4v) is 1.56. The van der Waals surface area contributed by atoms with Gasteiger partial charge in [-0.3, -0.25) is 4.79 Å². The first-order valence-electron chi connectivity index (χ1n) is 5.61. The Balaban J connectivity index is 1.67. The molecule has 1 aliphatic heterocycles. The first-order valence-corrected chi connectivity index (χ1v) is 5.61. The SMILES string of the molecule is Cc1cc(CNC(=O)COC2(C)CNC2)on1. The normalized spacial score (nSPS) is 17.5. The molecule has 1 aromatic heterocycles. The van der Waals surface area contributed by atoms with Crippen molar-refractivity contribution in [1.82, 2.24) is 15.8 Å². The molecule has 1 fully saturated rings.